The summed E-state index contributed by atoms with van der Waals surface area (Å²) in [7, 11) is 0. The molecule has 1 heterocycles. The minimum Gasteiger partial charge on any atom is -0.350 e. The lowest BCUT2D eigenvalue weighted by atomic mass is 10.1. The van der Waals surface area contributed by atoms with Crippen LogP contribution in [-0.4, -0.2) is 18.4 Å². The second kappa shape index (κ2) is 6.20. The lowest BCUT2D eigenvalue weighted by Gasteiger charge is -2.20. The fourth-order valence-electron chi connectivity index (χ4n) is 2.89. The Morgan fingerprint density at radius 2 is 2.13 bits per heavy atom. The van der Waals surface area contributed by atoms with E-state index in [1.807, 2.05) is 31.2 Å². The predicted octanol–water partition coefficient (Wildman–Crippen LogP) is 2.34. The van der Waals surface area contributed by atoms with Gasteiger partial charge >= 0.3 is 0 Å². The number of rotatable bonds is 4. The molecule has 0 bridgehead atoms. The normalized spacial score (nSPS) is 16.1. The van der Waals surface area contributed by atoms with Crippen LogP contribution in [0.1, 0.15) is 16.7 Å². The topological polar surface area (TPSA) is 49.4 Å². The van der Waals surface area contributed by atoms with Crippen LogP contribution in [0.25, 0.3) is 0 Å². The molecule has 1 atom stereocenters. The molecule has 4 nitrogen and oxygen atoms in total. The van der Waals surface area contributed by atoms with Crippen LogP contribution >= 0.6 is 0 Å². The van der Waals surface area contributed by atoms with E-state index in [0.29, 0.717) is 12.8 Å². The maximum absolute atomic E-state index is 13.3. The van der Waals surface area contributed by atoms with E-state index in [-0.39, 0.29) is 18.3 Å². The van der Waals surface area contributed by atoms with Gasteiger partial charge in [0.2, 0.25) is 12.3 Å². The highest BCUT2D eigenvalue weighted by molar-refractivity contribution is 5.95. The fraction of sp³-hybridized carbons (Fsp3) is 0.222. The van der Waals surface area contributed by atoms with Crippen molar-refractivity contribution in [2.24, 2.45) is 0 Å². The van der Waals surface area contributed by atoms with Crippen LogP contribution in [0.5, 0.6) is 0 Å². The van der Waals surface area contributed by atoms with Crippen LogP contribution < -0.4 is 10.2 Å². The van der Waals surface area contributed by atoms with Crippen molar-refractivity contribution in [3.8, 4) is 0 Å². The highest BCUT2D eigenvalue weighted by Gasteiger charge is 2.33. The van der Waals surface area contributed by atoms with E-state index >= 15 is 0 Å². The quantitative estimate of drug-likeness (QED) is 0.881. The summed E-state index contributed by atoms with van der Waals surface area (Å²) in [5.74, 6) is -0.570. The van der Waals surface area contributed by atoms with Crippen LogP contribution in [0, 0.1) is 12.7 Å². The Hall–Kier alpha value is -2.69. The molecule has 0 spiro atoms. The summed E-state index contributed by atoms with van der Waals surface area (Å²) in [4.78, 5) is 25.2. The molecule has 2 amide bonds. The number of carbonyl (C=O) groups excluding carboxylic acids is 2. The third kappa shape index (κ3) is 2.95. The SMILES string of the molecule is Cc1ccc(F)cc1CNC(=O)C1Cc2ccccc2N1C=O. The number of aryl methyl sites for hydroxylation is 1. The van der Waals surface area contributed by atoms with Gasteiger partial charge in [-0.25, -0.2) is 4.39 Å². The Labute approximate surface area is 133 Å². The molecule has 1 unspecified atom stereocenters. The average Bonchev–Trinajstić information content (AvgIpc) is 2.94. The number of hydrogen-bond acceptors (Lipinski definition) is 2. The Morgan fingerprint density at radius 3 is 2.91 bits per heavy atom. The smallest absolute Gasteiger partial charge is 0.243 e. The zero-order valence-electron chi connectivity index (χ0n) is 12.8. The Bertz CT molecular complexity index is 760. The van der Waals surface area contributed by atoms with Crippen molar-refractivity contribution in [2.45, 2.75) is 25.9 Å². The van der Waals surface area contributed by atoms with E-state index in [9.17, 15) is 14.0 Å². The molecule has 1 aliphatic heterocycles. The number of nitrogens with zero attached hydrogens (tertiary/aromatic N) is 1. The number of para-hydroxylation sites is 1. The molecule has 2 aromatic rings. The van der Waals surface area contributed by atoms with Gasteiger partial charge in [0.25, 0.3) is 0 Å². The largest absolute Gasteiger partial charge is 0.350 e. The number of benzene rings is 2. The molecule has 0 saturated heterocycles. The van der Waals surface area contributed by atoms with Crippen LogP contribution in [0.3, 0.4) is 0 Å². The van der Waals surface area contributed by atoms with E-state index in [4.69, 9.17) is 0 Å². The highest BCUT2D eigenvalue weighted by atomic mass is 19.1. The van der Waals surface area contributed by atoms with Crippen LogP contribution in [0.4, 0.5) is 10.1 Å². The molecule has 0 saturated carbocycles. The number of nitrogens with one attached hydrogen (secondary N) is 1. The van der Waals surface area contributed by atoms with Gasteiger partial charge in [-0.15, -0.1) is 0 Å². The standard InChI is InChI=1S/C18H17FN2O2/c1-12-6-7-15(19)8-14(12)10-20-18(23)17-9-13-4-2-3-5-16(13)21(17)11-22/h2-8,11,17H,9-10H2,1H3,(H,20,23). The lowest BCUT2D eigenvalue weighted by molar-refractivity contribution is -0.123. The summed E-state index contributed by atoms with van der Waals surface area (Å²) in [5.41, 5.74) is 3.38. The van der Waals surface area contributed by atoms with E-state index in [1.165, 1.54) is 17.0 Å². The first-order chi connectivity index (χ1) is 11.1. The minimum atomic E-state index is -0.557. The van der Waals surface area contributed by atoms with E-state index < -0.39 is 6.04 Å². The summed E-state index contributed by atoms with van der Waals surface area (Å²) in [6, 6.07) is 11.4. The monoisotopic (exact) mass is 312 g/mol. The van der Waals surface area contributed by atoms with Crippen molar-refractivity contribution in [2.75, 3.05) is 4.90 Å². The maximum atomic E-state index is 13.3. The first-order valence-corrected chi connectivity index (χ1v) is 7.44. The Balaban J connectivity index is 1.72. The summed E-state index contributed by atoms with van der Waals surface area (Å²) in [5, 5.41) is 2.80. The third-order valence-electron chi connectivity index (χ3n) is 4.20. The van der Waals surface area contributed by atoms with E-state index in [2.05, 4.69) is 5.32 Å². The van der Waals surface area contributed by atoms with Crippen LogP contribution in [0.15, 0.2) is 42.5 Å². The van der Waals surface area contributed by atoms with Crippen molar-refractivity contribution in [3.05, 3.63) is 65.0 Å². The second-order valence-corrected chi connectivity index (χ2v) is 5.65. The van der Waals surface area contributed by atoms with Gasteiger partial charge in [0.15, 0.2) is 0 Å². The van der Waals surface area contributed by atoms with Gasteiger partial charge in [-0.3, -0.25) is 9.59 Å². The molecule has 0 fully saturated rings. The fourth-order valence-corrected chi connectivity index (χ4v) is 2.89. The molecule has 5 heteroatoms. The van der Waals surface area contributed by atoms with Crippen molar-refractivity contribution in [1.29, 1.82) is 0 Å². The van der Waals surface area contributed by atoms with Gasteiger partial charge in [-0.2, -0.15) is 0 Å². The molecule has 3 rings (SSSR count). The van der Waals surface area contributed by atoms with E-state index in [0.717, 1.165) is 22.4 Å². The summed E-state index contributed by atoms with van der Waals surface area (Å²) < 4.78 is 13.3. The first kappa shape index (κ1) is 15.2. The van der Waals surface area contributed by atoms with Crippen molar-refractivity contribution >= 4 is 18.0 Å². The summed E-state index contributed by atoms with van der Waals surface area (Å²) >= 11 is 0. The van der Waals surface area contributed by atoms with Crippen molar-refractivity contribution in [3.63, 3.8) is 0 Å². The zero-order valence-corrected chi connectivity index (χ0v) is 12.8. The Morgan fingerprint density at radius 1 is 1.35 bits per heavy atom. The molecule has 0 radical (unpaired) electrons. The Kier molecular flexibility index (Phi) is 4.10. The summed E-state index contributed by atoms with van der Waals surface area (Å²) in [6.45, 7) is 2.10. The summed E-state index contributed by atoms with van der Waals surface area (Å²) in [6.07, 6.45) is 1.17. The predicted molar refractivity (Wildman–Crippen MR) is 85.5 cm³/mol. The maximum Gasteiger partial charge on any atom is 0.243 e. The molecule has 1 N–H and O–H groups in total. The number of halogens is 1. The van der Waals surface area contributed by atoms with Gasteiger partial charge in [0, 0.05) is 18.7 Å². The third-order valence-corrected chi connectivity index (χ3v) is 4.20. The number of fused-ring (bicyclic) bond motifs is 1. The van der Waals surface area contributed by atoms with Gasteiger partial charge in [-0.1, -0.05) is 24.3 Å². The van der Waals surface area contributed by atoms with Gasteiger partial charge < -0.3 is 10.2 Å². The molecule has 0 aliphatic carbocycles. The highest BCUT2D eigenvalue weighted by Crippen LogP contribution is 2.30. The number of anilines is 1. The first-order valence-electron chi connectivity index (χ1n) is 7.44. The number of carbonyl (C=O) groups is 2. The molecular formula is C18H17FN2O2. The van der Waals surface area contributed by atoms with Crippen LogP contribution in [-0.2, 0) is 22.6 Å². The van der Waals surface area contributed by atoms with E-state index in [1.54, 1.807) is 6.07 Å². The lowest BCUT2D eigenvalue weighted by Crippen LogP contribution is -2.44. The number of amides is 2. The average molecular weight is 312 g/mol. The van der Waals surface area contributed by atoms with Crippen molar-refractivity contribution in [1.82, 2.24) is 5.32 Å². The molecule has 1 aliphatic rings. The van der Waals surface area contributed by atoms with Crippen LogP contribution in [0.2, 0.25) is 0 Å². The molecule has 118 valence electrons. The number of hydrogen-bond donors (Lipinski definition) is 1. The van der Waals surface area contributed by atoms with Gasteiger partial charge in [0.1, 0.15) is 11.9 Å². The van der Waals surface area contributed by atoms with Crippen molar-refractivity contribution < 1.29 is 14.0 Å². The molecule has 0 aromatic heterocycles. The molecule has 23 heavy (non-hydrogen) atoms. The zero-order chi connectivity index (χ0) is 16.4. The molecule has 2 aromatic carbocycles. The molecular weight excluding hydrogens is 295 g/mol. The van der Waals surface area contributed by atoms with Gasteiger partial charge in [-0.05, 0) is 41.8 Å². The van der Waals surface area contributed by atoms with Gasteiger partial charge in [0.05, 0.1) is 0 Å². The minimum absolute atomic E-state index is 0.238. The second-order valence-electron chi connectivity index (χ2n) is 5.65.